The Morgan fingerprint density at radius 3 is 2.21 bits per heavy atom. The fourth-order valence-electron chi connectivity index (χ4n) is 3.65. The molecule has 0 aliphatic heterocycles. The second-order valence-corrected chi connectivity index (χ2v) is 11.2. The van der Waals surface area contributed by atoms with Crippen molar-refractivity contribution in [3.8, 4) is 0 Å². The largest absolute Gasteiger partial charge is 0.272 e. The van der Waals surface area contributed by atoms with Crippen LogP contribution in [0.25, 0.3) is 0 Å². The molecular weight excluding hydrogens is 538 g/mol. The monoisotopic (exact) mass is 561 g/mol. The molecule has 0 heterocycles. The van der Waals surface area contributed by atoms with E-state index in [1.165, 1.54) is 6.21 Å². The van der Waals surface area contributed by atoms with Gasteiger partial charge in [-0.25, -0.2) is 13.8 Å². The van der Waals surface area contributed by atoms with Gasteiger partial charge in [0.2, 0.25) is 10.0 Å². The summed E-state index contributed by atoms with van der Waals surface area (Å²) in [6.07, 6.45) is 1.50. The molecule has 6 nitrogen and oxygen atoms in total. The van der Waals surface area contributed by atoms with Crippen molar-refractivity contribution in [3.05, 3.63) is 98.0 Å². The summed E-state index contributed by atoms with van der Waals surface area (Å²) in [5, 5.41) is 4.51. The summed E-state index contributed by atoms with van der Waals surface area (Å²) >= 11 is 9.34. The molecule has 0 aliphatic rings. The Kier molecular flexibility index (Phi) is 8.65. The fourth-order valence-corrected chi connectivity index (χ4v) is 5.83. The summed E-state index contributed by atoms with van der Waals surface area (Å²) < 4.78 is 29.5. The van der Waals surface area contributed by atoms with Gasteiger partial charge in [0.15, 0.2) is 0 Å². The first-order valence-corrected chi connectivity index (χ1v) is 13.1. The standard InChI is InChI=1S/C25H25BrClN3O3S/c1-17-12-18(2)25(19(3)13-17)34(32,33)30(15-21-6-10-23(27)11-7-21)16-24(31)29-28-14-20-4-8-22(26)9-5-20/h4-14H,15-16H2,1-3H3,(H,29,31)/b28-14+. The van der Waals surface area contributed by atoms with Crippen LogP contribution in [0.2, 0.25) is 5.02 Å². The number of carbonyl (C=O) groups is 1. The molecule has 3 rings (SSSR count). The Hall–Kier alpha value is -2.52. The zero-order valence-electron chi connectivity index (χ0n) is 19.0. The normalized spacial score (nSPS) is 11.8. The number of halogens is 2. The highest BCUT2D eigenvalue weighted by atomic mass is 79.9. The number of hydrogen-bond donors (Lipinski definition) is 1. The number of nitrogens with zero attached hydrogens (tertiary/aromatic N) is 2. The van der Waals surface area contributed by atoms with Crippen LogP contribution in [0.5, 0.6) is 0 Å². The second-order valence-electron chi connectivity index (χ2n) is 7.97. The van der Waals surface area contributed by atoms with E-state index in [1.807, 2.05) is 43.3 Å². The predicted molar refractivity (Wildman–Crippen MR) is 140 cm³/mol. The second kappa shape index (κ2) is 11.3. The number of benzene rings is 3. The molecule has 0 bridgehead atoms. The third kappa shape index (κ3) is 6.76. The Labute approximate surface area is 213 Å². The number of carbonyl (C=O) groups excluding carboxylic acids is 1. The van der Waals surface area contributed by atoms with Gasteiger partial charge in [0.25, 0.3) is 5.91 Å². The van der Waals surface area contributed by atoms with Crippen molar-refractivity contribution in [1.29, 1.82) is 0 Å². The van der Waals surface area contributed by atoms with Crippen LogP contribution in [0, 0.1) is 20.8 Å². The SMILES string of the molecule is Cc1cc(C)c(S(=O)(=O)N(CC(=O)N/N=C/c2ccc(Br)cc2)Cc2ccc(Cl)cc2)c(C)c1. The van der Waals surface area contributed by atoms with E-state index in [0.29, 0.717) is 21.7 Å². The van der Waals surface area contributed by atoms with Crippen LogP contribution in [-0.4, -0.2) is 31.4 Å². The van der Waals surface area contributed by atoms with Crippen molar-refractivity contribution in [1.82, 2.24) is 9.73 Å². The third-order valence-electron chi connectivity index (χ3n) is 5.07. The fraction of sp³-hybridized carbons (Fsp3) is 0.200. The van der Waals surface area contributed by atoms with Crippen molar-refractivity contribution >= 4 is 49.7 Å². The van der Waals surface area contributed by atoms with E-state index in [9.17, 15) is 13.2 Å². The molecule has 3 aromatic rings. The quantitative estimate of drug-likeness (QED) is 0.296. The number of nitrogens with one attached hydrogen (secondary N) is 1. The lowest BCUT2D eigenvalue weighted by Crippen LogP contribution is -2.39. The molecule has 0 aliphatic carbocycles. The zero-order chi connectivity index (χ0) is 24.9. The molecule has 0 saturated carbocycles. The van der Waals surface area contributed by atoms with Crippen LogP contribution in [-0.2, 0) is 21.4 Å². The highest BCUT2D eigenvalue weighted by Crippen LogP contribution is 2.26. The first-order valence-electron chi connectivity index (χ1n) is 10.5. The maximum atomic E-state index is 13.7. The van der Waals surface area contributed by atoms with E-state index in [4.69, 9.17) is 11.6 Å². The summed E-state index contributed by atoms with van der Waals surface area (Å²) in [6, 6.07) is 17.9. The third-order valence-corrected chi connectivity index (χ3v) is 7.95. The molecule has 0 radical (unpaired) electrons. The van der Waals surface area contributed by atoms with E-state index < -0.39 is 22.5 Å². The molecule has 9 heteroatoms. The van der Waals surface area contributed by atoms with Crippen molar-refractivity contribution in [3.63, 3.8) is 0 Å². The van der Waals surface area contributed by atoms with Gasteiger partial charge >= 0.3 is 0 Å². The zero-order valence-corrected chi connectivity index (χ0v) is 22.2. The molecule has 34 heavy (non-hydrogen) atoms. The molecule has 0 unspecified atom stereocenters. The van der Waals surface area contributed by atoms with Crippen molar-refractivity contribution in [2.45, 2.75) is 32.2 Å². The minimum absolute atomic E-state index is 0.0100. The molecule has 1 amide bonds. The summed E-state index contributed by atoms with van der Waals surface area (Å²) in [6.45, 7) is 5.05. The molecule has 1 N–H and O–H groups in total. The summed E-state index contributed by atoms with van der Waals surface area (Å²) in [5.41, 5.74) is 6.16. The van der Waals surface area contributed by atoms with E-state index in [-0.39, 0.29) is 11.4 Å². The molecule has 0 fully saturated rings. The number of hydrogen-bond acceptors (Lipinski definition) is 4. The molecule has 0 spiro atoms. The van der Waals surface area contributed by atoms with Gasteiger partial charge in [-0.05, 0) is 67.3 Å². The van der Waals surface area contributed by atoms with E-state index in [2.05, 4.69) is 26.5 Å². The maximum absolute atomic E-state index is 13.7. The number of sulfonamides is 1. The van der Waals surface area contributed by atoms with Crippen molar-refractivity contribution < 1.29 is 13.2 Å². The first kappa shape index (κ1) is 26.1. The highest BCUT2D eigenvalue weighted by Gasteiger charge is 2.30. The van der Waals surface area contributed by atoms with Gasteiger partial charge in [-0.2, -0.15) is 9.41 Å². The molecule has 0 atom stereocenters. The summed E-state index contributed by atoms with van der Waals surface area (Å²) in [7, 11) is -3.98. The lowest BCUT2D eigenvalue weighted by molar-refractivity contribution is -0.121. The molecule has 0 saturated heterocycles. The minimum Gasteiger partial charge on any atom is -0.272 e. The van der Waals surface area contributed by atoms with Crippen LogP contribution in [0.15, 0.2) is 75.1 Å². The van der Waals surface area contributed by atoms with Gasteiger partial charge in [0.05, 0.1) is 17.7 Å². The lowest BCUT2D eigenvalue weighted by atomic mass is 10.1. The number of rotatable bonds is 8. The van der Waals surface area contributed by atoms with Crippen LogP contribution < -0.4 is 5.43 Å². The predicted octanol–water partition coefficient (Wildman–Crippen LogP) is 5.37. The van der Waals surface area contributed by atoms with Gasteiger partial charge in [0.1, 0.15) is 0 Å². The average molecular weight is 563 g/mol. The summed E-state index contributed by atoms with van der Waals surface area (Å²) in [4.78, 5) is 12.9. The van der Waals surface area contributed by atoms with E-state index in [1.54, 1.807) is 38.1 Å². The average Bonchev–Trinajstić information content (AvgIpc) is 2.75. The van der Waals surface area contributed by atoms with E-state index in [0.717, 1.165) is 19.9 Å². The van der Waals surface area contributed by atoms with Crippen LogP contribution in [0.3, 0.4) is 0 Å². The van der Waals surface area contributed by atoms with Gasteiger partial charge in [-0.15, -0.1) is 0 Å². The van der Waals surface area contributed by atoms with Crippen LogP contribution in [0.4, 0.5) is 0 Å². The van der Waals surface area contributed by atoms with Gasteiger partial charge in [-0.3, -0.25) is 4.79 Å². The van der Waals surface area contributed by atoms with Crippen molar-refractivity contribution in [2.24, 2.45) is 5.10 Å². The number of hydrazone groups is 1. The molecule has 178 valence electrons. The lowest BCUT2D eigenvalue weighted by Gasteiger charge is -2.24. The Morgan fingerprint density at radius 2 is 1.62 bits per heavy atom. The maximum Gasteiger partial charge on any atom is 0.255 e. The van der Waals surface area contributed by atoms with Crippen LogP contribution in [0.1, 0.15) is 27.8 Å². The molecule has 3 aromatic carbocycles. The smallest absolute Gasteiger partial charge is 0.255 e. The first-order chi connectivity index (χ1) is 16.1. The Morgan fingerprint density at radius 1 is 1.03 bits per heavy atom. The highest BCUT2D eigenvalue weighted by molar-refractivity contribution is 9.10. The minimum atomic E-state index is -3.98. The molecule has 0 aromatic heterocycles. The van der Waals surface area contributed by atoms with Gasteiger partial charge in [-0.1, -0.05) is 69.5 Å². The van der Waals surface area contributed by atoms with E-state index >= 15 is 0 Å². The Bertz CT molecular complexity index is 1290. The van der Waals surface area contributed by atoms with Gasteiger partial charge < -0.3 is 0 Å². The van der Waals surface area contributed by atoms with Crippen LogP contribution >= 0.6 is 27.5 Å². The molecular formula is C25H25BrClN3O3S. The number of aryl methyl sites for hydroxylation is 3. The number of amides is 1. The van der Waals surface area contributed by atoms with Gasteiger partial charge in [0, 0.05) is 16.0 Å². The summed E-state index contributed by atoms with van der Waals surface area (Å²) in [5.74, 6) is -0.548. The Balaban J connectivity index is 1.86. The topological polar surface area (TPSA) is 78.8 Å². The van der Waals surface area contributed by atoms with Crippen molar-refractivity contribution in [2.75, 3.05) is 6.54 Å².